The summed E-state index contributed by atoms with van der Waals surface area (Å²) in [6, 6.07) is 3.01. The van der Waals surface area contributed by atoms with Crippen molar-refractivity contribution < 1.29 is 14.6 Å². The number of phenols is 1. The van der Waals surface area contributed by atoms with E-state index >= 15 is 0 Å². The summed E-state index contributed by atoms with van der Waals surface area (Å²) in [5, 5.41) is 12.9. The predicted molar refractivity (Wildman–Crippen MR) is 74.9 cm³/mol. The van der Waals surface area contributed by atoms with Crippen LogP contribution >= 0.6 is 12.2 Å². The number of nitrogens with zero attached hydrogens (tertiary/aromatic N) is 1. The third kappa shape index (κ3) is 1.83. The van der Waals surface area contributed by atoms with Crippen LogP contribution < -0.4 is 10.1 Å². The Hall–Kier alpha value is -1.82. The predicted octanol–water partition coefficient (Wildman–Crippen LogP) is 1.76. The third-order valence-corrected chi connectivity index (χ3v) is 4.00. The summed E-state index contributed by atoms with van der Waals surface area (Å²) in [6.45, 7) is 0.716. The van der Waals surface area contributed by atoms with Gasteiger partial charge in [-0.3, -0.25) is 4.79 Å². The Morgan fingerprint density at radius 3 is 3.05 bits per heavy atom. The molecule has 1 aromatic rings. The fourth-order valence-electron chi connectivity index (χ4n) is 2.67. The molecule has 0 aliphatic carbocycles. The van der Waals surface area contributed by atoms with Crippen molar-refractivity contribution in [2.45, 2.75) is 18.9 Å². The number of fused-ring (bicyclic) bond motifs is 2. The van der Waals surface area contributed by atoms with Crippen LogP contribution in [0.3, 0.4) is 0 Å². The van der Waals surface area contributed by atoms with Gasteiger partial charge in [0.2, 0.25) is 0 Å². The second-order valence-corrected chi connectivity index (χ2v) is 5.16. The molecular formula is C13H14N2O3S. The molecule has 1 saturated heterocycles. The van der Waals surface area contributed by atoms with Crippen molar-refractivity contribution in [2.75, 3.05) is 19.0 Å². The Labute approximate surface area is 116 Å². The second kappa shape index (κ2) is 4.38. The van der Waals surface area contributed by atoms with Gasteiger partial charge in [-0.1, -0.05) is 12.2 Å². The maximum Gasteiger partial charge on any atom is 0.256 e. The molecule has 1 unspecified atom stereocenters. The lowest BCUT2D eigenvalue weighted by molar-refractivity contribution is 0.0774. The van der Waals surface area contributed by atoms with E-state index in [9.17, 15) is 9.90 Å². The number of carbonyl (C=O) groups is 1. The Bertz CT molecular complexity index is 573. The lowest BCUT2D eigenvalue weighted by Gasteiger charge is -2.21. The molecule has 1 aromatic carbocycles. The van der Waals surface area contributed by atoms with Crippen molar-refractivity contribution in [3.63, 3.8) is 0 Å². The van der Waals surface area contributed by atoms with Gasteiger partial charge in [-0.2, -0.15) is 0 Å². The van der Waals surface area contributed by atoms with E-state index in [1.165, 1.54) is 13.2 Å². The number of benzene rings is 1. The molecule has 0 aromatic heterocycles. The number of carbonyl (C=O) groups excluding carboxylic acids is 1. The second-order valence-electron chi connectivity index (χ2n) is 4.72. The van der Waals surface area contributed by atoms with Crippen molar-refractivity contribution in [2.24, 2.45) is 0 Å². The molecule has 2 aliphatic heterocycles. The summed E-state index contributed by atoms with van der Waals surface area (Å²) >= 11 is 5.35. The molecule has 6 heteroatoms. The van der Waals surface area contributed by atoms with Crippen molar-refractivity contribution >= 4 is 28.8 Å². The van der Waals surface area contributed by atoms with Crippen LogP contribution in [0, 0.1) is 0 Å². The van der Waals surface area contributed by atoms with Gasteiger partial charge in [0.05, 0.1) is 24.4 Å². The van der Waals surface area contributed by atoms with Crippen molar-refractivity contribution in [3.05, 3.63) is 17.7 Å². The highest BCUT2D eigenvalue weighted by molar-refractivity contribution is 7.80. The van der Waals surface area contributed by atoms with Gasteiger partial charge in [-0.15, -0.1) is 0 Å². The number of amides is 1. The van der Waals surface area contributed by atoms with E-state index in [0.717, 1.165) is 12.8 Å². The van der Waals surface area contributed by atoms with Crippen LogP contribution in [-0.2, 0) is 0 Å². The van der Waals surface area contributed by atoms with E-state index in [1.54, 1.807) is 11.0 Å². The van der Waals surface area contributed by atoms with Gasteiger partial charge >= 0.3 is 0 Å². The number of hydrogen-bond acceptors (Lipinski definition) is 4. The lowest BCUT2D eigenvalue weighted by Crippen LogP contribution is -2.39. The van der Waals surface area contributed by atoms with Gasteiger partial charge in [0, 0.05) is 12.6 Å². The number of rotatable bonds is 1. The van der Waals surface area contributed by atoms with Gasteiger partial charge in [-0.25, -0.2) is 0 Å². The largest absolute Gasteiger partial charge is 0.504 e. The minimum Gasteiger partial charge on any atom is -0.504 e. The van der Waals surface area contributed by atoms with E-state index in [-0.39, 0.29) is 23.4 Å². The van der Waals surface area contributed by atoms with Crippen molar-refractivity contribution in [3.8, 4) is 11.5 Å². The molecule has 1 fully saturated rings. The topological polar surface area (TPSA) is 61.8 Å². The maximum absolute atomic E-state index is 12.5. The number of hydrogen-bond donors (Lipinski definition) is 2. The number of ether oxygens (including phenoxy) is 1. The summed E-state index contributed by atoms with van der Waals surface area (Å²) in [4.78, 5) is 15.0. The summed E-state index contributed by atoms with van der Waals surface area (Å²) in [7, 11) is 1.46. The third-order valence-electron chi connectivity index (χ3n) is 3.62. The number of nitrogens with one attached hydrogen (secondary N) is 1. The number of anilines is 1. The molecule has 3 rings (SSSR count). The molecule has 19 heavy (non-hydrogen) atoms. The molecule has 5 nitrogen and oxygen atoms in total. The van der Waals surface area contributed by atoms with Gasteiger partial charge in [0.15, 0.2) is 11.5 Å². The van der Waals surface area contributed by atoms with Crippen LogP contribution in [0.5, 0.6) is 11.5 Å². The molecule has 0 spiro atoms. The molecule has 1 amide bonds. The van der Waals surface area contributed by atoms with E-state index in [0.29, 0.717) is 22.8 Å². The highest BCUT2D eigenvalue weighted by Gasteiger charge is 2.36. The summed E-state index contributed by atoms with van der Waals surface area (Å²) in [5.74, 6) is 0.215. The molecule has 100 valence electrons. The minimum absolute atomic E-state index is 0.00795. The maximum atomic E-state index is 12.5. The first-order valence-electron chi connectivity index (χ1n) is 6.14. The number of thiocarbonyl (C=S) groups is 1. The first-order chi connectivity index (χ1) is 9.11. The van der Waals surface area contributed by atoms with E-state index < -0.39 is 0 Å². The van der Waals surface area contributed by atoms with Crippen LogP contribution in [0.1, 0.15) is 23.2 Å². The van der Waals surface area contributed by atoms with Crippen molar-refractivity contribution in [1.29, 1.82) is 0 Å². The SMILES string of the molecule is COc1cc2c(cc1O)NC(=S)C1CCCN1C2=O. The number of phenolic OH excluding ortho intramolecular Hbond substituents is 1. The summed E-state index contributed by atoms with van der Waals surface area (Å²) < 4.78 is 5.06. The minimum atomic E-state index is -0.0665. The molecule has 0 saturated carbocycles. The quantitative estimate of drug-likeness (QED) is 0.766. The first kappa shape index (κ1) is 12.2. The standard InChI is InChI=1S/C13H14N2O3S/c1-18-11-5-7-8(6-10(11)16)14-12(19)9-3-2-4-15(9)13(7)17/h5-6,9,16H,2-4H2,1H3,(H,14,19). The fourth-order valence-corrected chi connectivity index (χ4v) is 3.02. The average Bonchev–Trinajstić information content (AvgIpc) is 2.84. The van der Waals surface area contributed by atoms with Crippen LogP contribution in [-0.4, -0.2) is 40.6 Å². The van der Waals surface area contributed by atoms with Crippen LogP contribution in [0.15, 0.2) is 12.1 Å². The van der Waals surface area contributed by atoms with E-state index in [4.69, 9.17) is 17.0 Å². The smallest absolute Gasteiger partial charge is 0.256 e. The highest BCUT2D eigenvalue weighted by Crippen LogP contribution is 2.36. The Morgan fingerprint density at radius 2 is 2.32 bits per heavy atom. The Balaban J connectivity index is 2.13. The van der Waals surface area contributed by atoms with Gasteiger partial charge < -0.3 is 20.1 Å². The van der Waals surface area contributed by atoms with Crippen LogP contribution in [0.2, 0.25) is 0 Å². The first-order valence-corrected chi connectivity index (χ1v) is 6.55. The molecule has 0 bridgehead atoms. The zero-order valence-electron chi connectivity index (χ0n) is 10.5. The zero-order valence-corrected chi connectivity index (χ0v) is 11.3. The zero-order chi connectivity index (χ0) is 13.6. The fraction of sp³-hybridized carbons (Fsp3) is 0.385. The summed E-state index contributed by atoms with van der Waals surface area (Å²) in [6.07, 6.45) is 1.84. The van der Waals surface area contributed by atoms with E-state index in [1.807, 2.05) is 0 Å². The van der Waals surface area contributed by atoms with Crippen molar-refractivity contribution in [1.82, 2.24) is 4.90 Å². The summed E-state index contributed by atoms with van der Waals surface area (Å²) in [5.41, 5.74) is 1.03. The number of methoxy groups -OCH3 is 1. The Kier molecular flexibility index (Phi) is 2.82. The molecule has 2 N–H and O–H groups in total. The molecular weight excluding hydrogens is 264 g/mol. The Morgan fingerprint density at radius 1 is 1.53 bits per heavy atom. The molecule has 2 heterocycles. The molecule has 2 aliphatic rings. The average molecular weight is 278 g/mol. The van der Waals surface area contributed by atoms with Gasteiger partial charge in [0.1, 0.15) is 4.99 Å². The van der Waals surface area contributed by atoms with Gasteiger partial charge in [-0.05, 0) is 18.9 Å². The van der Waals surface area contributed by atoms with Crippen LogP contribution in [0.4, 0.5) is 5.69 Å². The van der Waals surface area contributed by atoms with Gasteiger partial charge in [0.25, 0.3) is 5.91 Å². The monoisotopic (exact) mass is 278 g/mol. The normalized spacial score (nSPS) is 21.5. The van der Waals surface area contributed by atoms with Crippen LogP contribution in [0.25, 0.3) is 0 Å². The lowest BCUT2D eigenvalue weighted by atomic mass is 10.1. The molecule has 1 atom stereocenters. The number of aromatic hydroxyl groups is 1. The van der Waals surface area contributed by atoms with E-state index in [2.05, 4.69) is 5.32 Å². The molecule has 0 radical (unpaired) electrons. The highest BCUT2D eigenvalue weighted by atomic mass is 32.1.